The van der Waals surface area contributed by atoms with Crippen molar-refractivity contribution in [3.05, 3.63) is 35.9 Å². The molecule has 1 saturated carbocycles. The van der Waals surface area contributed by atoms with Crippen LogP contribution in [0.1, 0.15) is 24.8 Å². The van der Waals surface area contributed by atoms with Crippen molar-refractivity contribution >= 4 is 5.91 Å². The van der Waals surface area contributed by atoms with E-state index in [1.54, 1.807) is 0 Å². The van der Waals surface area contributed by atoms with Crippen molar-refractivity contribution < 1.29 is 14.3 Å². The van der Waals surface area contributed by atoms with Gasteiger partial charge in [0.05, 0.1) is 25.4 Å². The molecule has 2 fully saturated rings. The lowest BCUT2D eigenvalue weighted by atomic mass is 10.1. The van der Waals surface area contributed by atoms with Crippen molar-refractivity contribution in [1.82, 2.24) is 9.80 Å². The maximum Gasteiger partial charge on any atom is 0.223 e. The molecule has 0 aromatic heterocycles. The Morgan fingerprint density at radius 3 is 2.84 bits per heavy atom. The fourth-order valence-electron chi connectivity index (χ4n) is 3.83. The number of morpholine rings is 1. The lowest BCUT2D eigenvalue weighted by Crippen LogP contribution is -2.54. The molecule has 1 amide bonds. The SMILES string of the molecule is CN(C)CCO[C@@H]1CC[C@H]2[C@H]1OCCN2C(=O)CCc1ccccc1. The molecule has 3 atom stereocenters. The number of benzene rings is 1. The zero-order valence-electron chi connectivity index (χ0n) is 15.4. The van der Waals surface area contributed by atoms with E-state index in [9.17, 15) is 4.79 Å². The maximum atomic E-state index is 12.7. The first-order valence-corrected chi connectivity index (χ1v) is 9.36. The number of fused-ring (bicyclic) bond motifs is 1. The number of nitrogens with zero attached hydrogens (tertiary/aromatic N) is 2. The number of hydrogen-bond donors (Lipinski definition) is 0. The van der Waals surface area contributed by atoms with Gasteiger partial charge >= 0.3 is 0 Å². The summed E-state index contributed by atoms with van der Waals surface area (Å²) in [5.74, 6) is 0.246. The van der Waals surface area contributed by atoms with Crippen molar-refractivity contribution in [2.75, 3.05) is 40.4 Å². The van der Waals surface area contributed by atoms with Crippen LogP contribution in [0, 0.1) is 0 Å². The van der Waals surface area contributed by atoms with Crippen LogP contribution in [0.15, 0.2) is 30.3 Å². The summed E-state index contributed by atoms with van der Waals surface area (Å²) >= 11 is 0. The average molecular weight is 346 g/mol. The summed E-state index contributed by atoms with van der Waals surface area (Å²) < 4.78 is 12.0. The normalized spacial score (nSPS) is 26.0. The predicted octanol–water partition coefficient (Wildman–Crippen LogP) is 1.96. The average Bonchev–Trinajstić information content (AvgIpc) is 3.03. The molecule has 1 aromatic carbocycles. The van der Waals surface area contributed by atoms with E-state index in [4.69, 9.17) is 9.47 Å². The Labute approximate surface area is 150 Å². The van der Waals surface area contributed by atoms with Gasteiger partial charge in [-0.05, 0) is 38.9 Å². The van der Waals surface area contributed by atoms with Crippen molar-refractivity contribution in [1.29, 1.82) is 0 Å². The van der Waals surface area contributed by atoms with Crippen molar-refractivity contribution in [3.63, 3.8) is 0 Å². The first-order chi connectivity index (χ1) is 12.1. The smallest absolute Gasteiger partial charge is 0.223 e. The van der Waals surface area contributed by atoms with Crippen LogP contribution < -0.4 is 0 Å². The number of amides is 1. The van der Waals surface area contributed by atoms with Crippen LogP contribution in [0.25, 0.3) is 0 Å². The number of aryl methyl sites for hydroxylation is 1. The Hall–Kier alpha value is -1.43. The minimum absolute atomic E-state index is 0.0385. The third kappa shape index (κ3) is 4.81. The van der Waals surface area contributed by atoms with Crippen LogP contribution in [-0.2, 0) is 20.7 Å². The highest BCUT2D eigenvalue weighted by Gasteiger charge is 2.44. The fourth-order valence-corrected chi connectivity index (χ4v) is 3.83. The second kappa shape index (κ2) is 8.79. The van der Waals surface area contributed by atoms with Gasteiger partial charge in [-0.3, -0.25) is 4.79 Å². The van der Waals surface area contributed by atoms with Gasteiger partial charge < -0.3 is 19.3 Å². The van der Waals surface area contributed by atoms with Gasteiger partial charge in [-0.15, -0.1) is 0 Å². The first-order valence-electron chi connectivity index (χ1n) is 9.36. The van der Waals surface area contributed by atoms with E-state index in [0.29, 0.717) is 26.2 Å². The van der Waals surface area contributed by atoms with Crippen molar-refractivity contribution in [2.24, 2.45) is 0 Å². The molecule has 1 aromatic rings. The quantitative estimate of drug-likeness (QED) is 0.757. The number of carbonyl (C=O) groups is 1. The third-order valence-electron chi connectivity index (χ3n) is 5.20. The second-order valence-corrected chi connectivity index (χ2v) is 7.27. The Kier molecular flexibility index (Phi) is 6.45. The van der Waals surface area contributed by atoms with E-state index in [-0.39, 0.29) is 24.2 Å². The Morgan fingerprint density at radius 2 is 2.08 bits per heavy atom. The summed E-state index contributed by atoms with van der Waals surface area (Å²) in [5, 5.41) is 0. The van der Waals surface area contributed by atoms with Crippen molar-refractivity contribution in [2.45, 2.75) is 43.9 Å². The van der Waals surface area contributed by atoms with Gasteiger partial charge in [0, 0.05) is 19.5 Å². The standard InChI is InChI=1S/C20H30N2O3/c1-21(2)12-14-24-18-10-9-17-20(18)25-15-13-22(17)19(23)11-8-16-6-4-3-5-7-16/h3-7,17-18,20H,8-15H2,1-2H3/t17-,18+,20+/m0/s1. The molecule has 1 heterocycles. The highest BCUT2D eigenvalue weighted by Crippen LogP contribution is 2.32. The Bertz CT molecular complexity index is 549. The first kappa shape index (κ1) is 18.4. The lowest BCUT2D eigenvalue weighted by molar-refractivity contribution is -0.151. The molecule has 5 nitrogen and oxygen atoms in total. The van der Waals surface area contributed by atoms with Crippen LogP contribution in [0.2, 0.25) is 0 Å². The molecule has 25 heavy (non-hydrogen) atoms. The van der Waals surface area contributed by atoms with Gasteiger partial charge in [-0.25, -0.2) is 0 Å². The number of likely N-dealkylation sites (N-methyl/N-ethyl adjacent to an activating group) is 1. The molecule has 5 heteroatoms. The minimum Gasteiger partial charge on any atom is -0.374 e. The van der Waals surface area contributed by atoms with Gasteiger partial charge in [-0.2, -0.15) is 0 Å². The topological polar surface area (TPSA) is 42.0 Å². The second-order valence-electron chi connectivity index (χ2n) is 7.27. The summed E-state index contributed by atoms with van der Waals surface area (Å²) in [7, 11) is 4.09. The molecule has 1 aliphatic carbocycles. The van der Waals surface area contributed by atoms with Gasteiger partial charge in [0.25, 0.3) is 0 Å². The molecular formula is C20H30N2O3. The number of rotatable bonds is 7. The molecule has 3 rings (SSSR count). The summed E-state index contributed by atoms with van der Waals surface area (Å²) in [4.78, 5) is 16.9. The number of hydrogen-bond acceptors (Lipinski definition) is 4. The van der Waals surface area contributed by atoms with Gasteiger partial charge in [-0.1, -0.05) is 30.3 Å². The summed E-state index contributed by atoms with van der Waals surface area (Å²) in [6.45, 7) is 2.95. The van der Waals surface area contributed by atoms with Crippen LogP contribution in [-0.4, -0.2) is 74.4 Å². The fraction of sp³-hybridized carbons (Fsp3) is 0.650. The lowest BCUT2D eigenvalue weighted by Gasteiger charge is -2.39. The van der Waals surface area contributed by atoms with Crippen LogP contribution in [0.3, 0.4) is 0 Å². The predicted molar refractivity (Wildman–Crippen MR) is 97.5 cm³/mol. The Balaban J connectivity index is 1.52. The molecule has 0 radical (unpaired) electrons. The molecular weight excluding hydrogens is 316 g/mol. The summed E-state index contributed by atoms with van der Waals surface area (Å²) in [6, 6.07) is 10.4. The molecule has 0 bridgehead atoms. The van der Waals surface area contributed by atoms with E-state index in [1.807, 2.05) is 37.2 Å². The van der Waals surface area contributed by atoms with Crippen LogP contribution in [0.5, 0.6) is 0 Å². The minimum atomic E-state index is 0.0385. The van der Waals surface area contributed by atoms with E-state index >= 15 is 0 Å². The molecule has 138 valence electrons. The Morgan fingerprint density at radius 1 is 1.28 bits per heavy atom. The molecule has 2 aliphatic rings. The van der Waals surface area contributed by atoms with Gasteiger partial charge in [0.1, 0.15) is 6.10 Å². The van der Waals surface area contributed by atoms with E-state index < -0.39 is 0 Å². The highest BCUT2D eigenvalue weighted by atomic mass is 16.5. The van der Waals surface area contributed by atoms with Crippen LogP contribution >= 0.6 is 0 Å². The van der Waals surface area contributed by atoms with Gasteiger partial charge in [0.2, 0.25) is 5.91 Å². The zero-order chi connectivity index (χ0) is 17.6. The summed E-state index contributed by atoms with van der Waals surface area (Å²) in [6.07, 6.45) is 3.49. The third-order valence-corrected chi connectivity index (χ3v) is 5.20. The number of carbonyl (C=O) groups excluding carboxylic acids is 1. The molecule has 0 spiro atoms. The van der Waals surface area contributed by atoms with Crippen LogP contribution in [0.4, 0.5) is 0 Å². The largest absolute Gasteiger partial charge is 0.374 e. The van der Waals surface area contributed by atoms with Crippen molar-refractivity contribution in [3.8, 4) is 0 Å². The maximum absolute atomic E-state index is 12.7. The van der Waals surface area contributed by atoms with E-state index in [2.05, 4.69) is 17.0 Å². The van der Waals surface area contributed by atoms with Gasteiger partial charge in [0.15, 0.2) is 0 Å². The molecule has 0 N–H and O–H groups in total. The monoisotopic (exact) mass is 346 g/mol. The van der Waals surface area contributed by atoms with E-state index in [1.165, 1.54) is 5.56 Å². The van der Waals surface area contributed by atoms with E-state index in [0.717, 1.165) is 25.8 Å². The molecule has 1 saturated heterocycles. The highest BCUT2D eigenvalue weighted by molar-refractivity contribution is 5.77. The number of ether oxygens (including phenoxy) is 2. The molecule has 0 unspecified atom stereocenters. The molecule has 1 aliphatic heterocycles. The zero-order valence-corrected chi connectivity index (χ0v) is 15.4. The summed E-state index contributed by atoms with van der Waals surface area (Å²) in [5.41, 5.74) is 1.22.